The Labute approximate surface area is 611 Å². The molecule has 27 nitrogen and oxygen atoms in total. The van der Waals surface area contributed by atoms with E-state index in [0.29, 0.717) is 151 Å². The van der Waals surface area contributed by atoms with Crippen LogP contribution in [0.3, 0.4) is 0 Å². The molecule has 0 saturated heterocycles. The number of carbonyl (C=O) groups excluding carboxylic acids is 5. The molecule has 4 N–H and O–H groups in total. The Morgan fingerprint density at radius 2 is 0.970 bits per heavy atom. The number of benzene rings is 2. The number of nitrogens with two attached hydrogens (primary N) is 1. The first-order valence-corrected chi connectivity index (χ1v) is 33.4. The van der Waals surface area contributed by atoms with Crippen molar-refractivity contribution in [1.29, 1.82) is 0 Å². The number of para-hydroxylation sites is 2. The Kier molecular flexibility index (Phi) is 33.2. The molecule has 4 aliphatic rings. The molecular weight excluding hydrogens is 1360 g/mol. The quantitative estimate of drug-likeness (QED) is 0.0152. The molecule has 4 fully saturated rings. The van der Waals surface area contributed by atoms with E-state index in [-0.39, 0.29) is 77.3 Å². The second-order valence-electron chi connectivity index (χ2n) is 24.6. The van der Waals surface area contributed by atoms with Crippen LogP contribution in [0.4, 0.5) is 0 Å². The standard InChI is InChI=1S/C22H25N5O4.C22H27N5O3.C13H20N2O3.C9H11NO3.C4H9N.CH3.BrH.Mg/c1-3-30-22(29)20-15(2)31-19(25-20)10-13-26(14-16-8-9-16)21(28)17-6-4-5-7-18(17)27-23-11-12-24-27;1-15-20(22(2,3)29)25-19(30-15)10-13-26(14-16-8-9-16)21(28)17-6-4-5-7-18(17)27-23-11-12-24-27;1-3-17-13(16)12-9(2)18-11(15-12)6-7-14-8-10-4-5-10;1-4-7-10-8(6(3)13-7)9(11)12-5-2;5-3-4-1-2-4;;;/h4-7,11-12,16H,3,8-10,13-14H2,1-2H3;4-7,11-12,16,29H,8-10,13-14H2,1-3H3;10,14H,3-8H2,1-2H3;4H,1,5H2,2-3H3;4H,1-3,5H2;1H3;1H;/q;;;;;-1;;+2/p-1. The van der Waals surface area contributed by atoms with Gasteiger partial charge in [-0.3, -0.25) is 9.59 Å². The fourth-order valence-electron chi connectivity index (χ4n) is 10.0. The first-order chi connectivity index (χ1) is 46.7. The van der Waals surface area contributed by atoms with Gasteiger partial charge in [0.1, 0.15) is 34.3 Å². The number of aryl methyl sites for hydroxylation is 4. The number of nitrogens with zero attached hydrogens (tertiary/aromatic N) is 12. The van der Waals surface area contributed by atoms with Crippen LogP contribution < -0.4 is 28.0 Å². The Hall–Kier alpha value is -8.22. The molecule has 8 aromatic rings. The van der Waals surface area contributed by atoms with Gasteiger partial charge in [-0.05, 0) is 181 Å². The van der Waals surface area contributed by atoms with Gasteiger partial charge < -0.3 is 82.2 Å². The van der Waals surface area contributed by atoms with Gasteiger partial charge >= 0.3 is 41.0 Å². The van der Waals surface area contributed by atoms with Crippen LogP contribution in [0.2, 0.25) is 0 Å². The van der Waals surface area contributed by atoms with Gasteiger partial charge in [0.2, 0.25) is 5.89 Å². The SMILES string of the molecule is C=Cc1nc(C(=O)OCC)c(C)o1.CCOC(=O)c1nc(CCN(CC2CC2)C(=O)c2ccccc2-n2nccn2)oc1C.CCOC(=O)c1nc(CCNCC2CC2)oc1C.Cc1oc(CCN(CC2CC2)C(=O)c2ccccc2-n2nccn2)nc1C(C)(C)O.NCC1CC1.[Br-].[CH3-].[Mg+2]. The van der Waals surface area contributed by atoms with Crippen molar-refractivity contribution in [3.63, 3.8) is 0 Å². The molecule has 29 heteroatoms. The van der Waals surface area contributed by atoms with Crippen molar-refractivity contribution < 1.29 is 77.9 Å². The summed E-state index contributed by atoms with van der Waals surface area (Å²) in [4.78, 5) is 85.1. The van der Waals surface area contributed by atoms with Gasteiger partial charge in [0.25, 0.3) is 11.8 Å². The maximum Gasteiger partial charge on any atom is 2.00 e. The third kappa shape index (κ3) is 25.1. The van der Waals surface area contributed by atoms with E-state index in [1.54, 1.807) is 93.2 Å². The van der Waals surface area contributed by atoms with E-state index in [1.807, 2.05) is 52.3 Å². The molecule has 4 aliphatic carbocycles. The number of ether oxygens (including phenoxy) is 3. The molecule has 100 heavy (non-hydrogen) atoms. The summed E-state index contributed by atoms with van der Waals surface area (Å²) in [7, 11) is 0. The number of carbonyl (C=O) groups is 5. The Balaban J connectivity index is 0.000000242. The van der Waals surface area contributed by atoms with Gasteiger partial charge in [-0.1, -0.05) is 30.8 Å². The molecule has 6 aromatic heterocycles. The molecule has 0 atom stereocenters. The largest absolute Gasteiger partial charge is 2.00 e. The van der Waals surface area contributed by atoms with Crippen LogP contribution in [0, 0.1) is 58.8 Å². The number of hydrogen-bond acceptors (Lipinski definition) is 23. The van der Waals surface area contributed by atoms with Crippen molar-refractivity contribution in [2.24, 2.45) is 29.4 Å². The van der Waals surface area contributed by atoms with Gasteiger partial charge in [0.05, 0.1) is 67.1 Å². The van der Waals surface area contributed by atoms with Crippen LogP contribution in [0.5, 0.6) is 0 Å². The number of oxazole rings is 4. The zero-order chi connectivity index (χ0) is 69.6. The average Bonchev–Trinajstić information content (AvgIpc) is 1.03. The molecule has 536 valence electrons. The van der Waals surface area contributed by atoms with Gasteiger partial charge in [0.15, 0.2) is 34.8 Å². The summed E-state index contributed by atoms with van der Waals surface area (Å²) in [5, 5.41) is 30.3. The molecule has 2 amide bonds. The van der Waals surface area contributed by atoms with Gasteiger partial charge in [-0.25, -0.2) is 34.3 Å². The van der Waals surface area contributed by atoms with Crippen LogP contribution in [0.25, 0.3) is 17.5 Å². The number of amides is 2. The summed E-state index contributed by atoms with van der Waals surface area (Å²) < 4.78 is 36.6. The average molecular weight is 1460 g/mol. The number of esters is 3. The molecule has 0 unspecified atom stereocenters. The van der Waals surface area contributed by atoms with E-state index in [9.17, 15) is 29.1 Å². The maximum absolute atomic E-state index is 13.4. The zero-order valence-corrected chi connectivity index (χ0v) is 62.2. The van der Waals surface area contributed by atoms with E-state index in [0.717, 1.165) is 57.2 Å². The summed E-state index contributed by atoms with van der Waals surface area (Å²) in [6.45, 7) is 25.0. The fraction of sp³-hybridized carbons (Fsp3) is 0.493. The minimum Gasteiger partial charge on any atom is -1.00 e. The van der Waals surface area contributed by atoms with Gasteiger partial charge in [-0.2, -0.15) is 30.0 Å². The number of aromatic nitrogens is 10. The van der Waals surface area contributed by atoms with E-state index >= 15 is 0 Å². The molecule has 6 heterocycles. The summed E-state index contributed by atoms with van der Waals surface area (Å²) in [5.41, 5.74) is 7.80. The predicted octanol–water partition coefficient (Wildman–Crippen LogP) is 6.65. The Bertz CT molecular complexity index is 3840. The zero-order valence-electron chi connectivity index (χ0n) is 59.2. The molecule has 12 rings (SSSR count). The van der Waals surface area contributed by atoms with Crippen molar-refractivity contribution in [1.82, 2.24) is 65.0 Å². The molecule has 0 bridgehead atoms. The number of aliphatic hydroxyl groups is 1. The smallest absolute Gasteiger partial charge is 1.00 e. The van der Waals surface area contributed by atoms with Crippen LogP contribution in [-0.2, 0) is 39.1 Å². The van der Waals surface area contributed by atoms with E-state index < -0.39 is 23.5 Å². The Morgan fingerprint density at radius 1 is 0.590 bits per heavy atom. The number of nitrogens with one attached hydrogen (secondary N) is 1. The van der Waals surface area contributed by atoms with E-state index in [2.05, 4.69) is 52.2 Å². The van der Waals surface area contributed by atoms with E-state index in [4.69, 9.17) is 37.6 Å². The molecule has 4 saturated carbocycles. The van der Waals surface area contributed by atoms with Crippen LogP contribution in [-0.4, -0.2) is 183 Å². The fourth-order valence-corrected chi connectivity index (χ4v) is 10.0. The summed E-state index contributed by atoms with van der Waals surface area (Å²) in [6, 6.07) is 14.7. The monoisotopic (exact) mass is 1450 g/mol. The number of halogens is 1. The van der Waals surface area contributed by atoms with Crippen molar-refractivity contribution in [3.05, 3.63) is 168 Å². The number of rotatable bonds is 28. The molecule has 0 aliphatic heterocycles. The number of hydrogen-bond donors (Lipinski definition) is 3. The minimum atomic E-state index is -1.06. The summed E-state index contributed by atoms with van der Waals surface area (Å²) in [5.74, 6) is 5.21. The molecule has 2 aromatic carbocycles. The predicted molar refractivity (Wildman–Crippen MR) is 369 cm³/mol. The molecule has 0 spiro atoms. The normalized spacial score (nSPS) is 13.4. The third-order valence-electron chi connectivity index (χ3n) is 15.8. The van der Waals surface area contributed by atoms with Crippen molar-refractivity contribution in [3.8, 4) is 11.4 Å². The van der Waals surface area contributed by atoms with Crippen molar-refractivity contribution in [2.75, 3.05) is 65.6 Å². The van der Waals surface area contributed by atoms with Crippen LogP contribution in [0.15, 0.2) is 97.6 Å². The topological polar surface area (TPSA) is 343 Å². The van der Waals surface area contributed by atoms with Gasteiger partial charge in [-0.15, -0.1) is 0 Å². The summed E-state index contributed by atoms with van der Waals surface area (Å²) in [6.07, 6.45) is 19.4. The Morgan fingerprint density at radius 3 is 1.33 bits per heavy atom. The van der Waals surface area contributed by atoms with E-state index in [1.165, 1.54) is 41.4 Å². The molecular formula is C71H95BrMgN14O13. The van der Waals surface area contributed by atoms with Gasteiger partial charge in [0, 0.05) is 52.0 Å². The molecule has 0 radical (unpaired) electrons. The second kappa shape index (κ2) is 40.3. The van der Waals surface area contributed by atoms with Crippen molar-refractivity contribution in [2.45, 2.75) is 139 Å². The minimum absolute atomic E-state index is 0. The second-order valence-corrected chi connectivity index (χ2v) is 24.6. The van der Waals surface area contributed by atoms with Crippen molar-refractivity contribution >= 4 is 58.9 Å². The van der Waals surface area contributed by atoms with Crippen LogP contribution >= 0.6 is 0 Å². The maximum atomic E-state index is 13.4. The first-order valence-electron chi connectivity index (χ1n) is 33.4. The first kappa shape index (κ1) is 82.4. The third-order valence-corrected chi connectivity index (χ3v) is 15.8. The summed E-state index contributed by atoms with van der Waals surface area (Å²) >= 11 is 0. The van der Waals surface area contributed by atoms with Crippen LogP contribution in [0.1, 0.15) is 190 Å².